The topological polar surface area (TPSA) is 43.9 Å². The van der Waals surface area contributed by atoms with E-state index in [0.29, 0.717) is 23.8 Å². The summed E-state index contributed by atoms with van der Waals surface area (Å²) in [6, 6.07) is 25.7. The average molecular weight is 531 g/mol. The van der Waals surface area contributed by atoms with Crippen LogP contribution in [-0.2, 0) is 9.59 Å². The van der Waals surface area contributed by atoms with Crippen LogP contribution in [0.2, 0.25) is 10.0 Å². The fourth-order valence-corrected chi connectivity index (χ4v) is 5.39. The van der Waals surface area contributed by atoms with Gasteiger partial charge < -0.3 is 0 Å². The Balaban J connectivity index is 0.00000289. The second-order valence-electron chi connectivity index (χ2n) is 8.66. The number of halogens is 3. The molecule has 35 heavy (non-hydrogen) atoms. The first-order valence-electron chi connectivity index (χ1n) is 11.4. The molecule has 2 saturated heterocycles. The van der Waals surface area contributed by atoms with Crippen molar-refractivity contribution in [3.63, 3.8) is 0 Å². The molecule has 2 heterocycles. The number of amides is 2. The highest BCUT2D eigenvalue weighted by Crippen LogP contribution is 2.36. The lowest BCUT2D eigenvalue weighted by molar-refractivity contribution is -0.123. The average Bonchev–Trinajstić information content (AvgIpc) is 3.16. The number of nitrogens with zero attached hydrogens (tertiary/aromatic N) is 3. The number of rotatable bonds is 5. The van der Waals surface area contributed by atoms with E-state index in [1.54, 1.807) is 18.2 Å². The van der Waals surface area contributed by atoms with Crippen molar-refractivity contribution in [1.82, 2.24) is 9.80 Å². The largest absolute Gasteiger partial charge is 0.290 e. The Bertz CT molecular complexity index is 1150. The Morgan fingerprint density at radius 2 is 1.31 bits per heavy atom. The second kappa shape index (κ2) is 11.1. The predicted molar refractivity (Wildman–Crippen MR) is 142 cm³/mol. The molecule has 0 radical (unpaired) electrons. The van der Waals surface area contributed by atoms with Gasteiger partial charge in [-0.15, -0.1) is 12.4 Å². The van der Waals surface area contributed by atoms with Crippen molar-refractivity contribution in [3.05, 3.63) is 100 Å². The number of anilines is 1. The zero-order valence-electron chi connectivity index (χ0n) is 19.0. The van der Waals surface area contributed by atoms with Crippen molar-refractivity contribution >= 4 is 53.1 Å². The first-order valence-corrected chi connectivity index (χ1v) is 12.2. The number of carbonyl (C=O) groups excluding carboxylic acids is 2. The molecule has 0 bridgehead atoms. The highest BCUT2D eigenvalue weighted by Gasteiger charge is 2.44. The summed E-state index contributed by atoms with van der Waals surface area (Å²) in [4.78, 5) is 31.9. The van der Waals surface area contributed by atoms with E-state index in [0.717, 1.165) is 13.1 Å². The zero-order valence-corrected chi connectivity index (χ0v) is 21.3. The highest BCUT2D eigenvalue weighted by atomic mass is 35.5. The van der Waals surface area contributed by atoms with E-state index < -0.39 is 6.04 Å². The number of piperazine rings is 1. The van der Waals surface area contributed by atoms with Crippen LogP contribution in [0, 0.1) is 0 Å². The normalized spacial score (nSPS) is 19.3. The molecule has 5 nitrogen and oxygen atoms in total. The number of hydrogen-bond donors (Lipinski definition) is 0. The number of benzene rings is 3. The van der Waals surface area contributed by atoms with Crippen LogP contribution in [0.5, 0.6) is 0 Å². The summed E-state index contributed by atoms with van der Waals surface area (Å²) in [5.74, 6) is -0.474. The first kappa shape index (κ1) is 25.7. The molecule has 2 fully saturated rings. The third-order valence-corrected chi connectivity index (χ3v) is 7.49. The van der Waals surface area contributed by atoms with Gasteiger partial charge >= 0.3 is 0 Å². The third-order valence-electron chi connectivity index (χ3n) is 6.68. The molecule has 2 aliphatic rings. The molecule has 182 valence electrons. The Morgan fingerprint density at radius 3 is 1.89 bits per heavy atom. The van der Waals surface area contributed by atoms with E-state index in [2.05, 4.69) is 58.3 Å². The van der Waals surface area contributed by atoms with Gasteiger partial charge in [0, 0.05) is 26.2 Å². The van der Waals surface area contributed by atoms with Crippen molar-refractivity contribution in [2.45, 2.75) is 18.5 Å². The van der Waals surface area contributed by atoms with Crippen LogP contribution in [0.15, 0.2) is 78.9 Å². The summed E-state index contributed by atoms with van der Waals surface area (Å²) in [5.41, 5.74) is 2.85. The Labute approximate surface area is 221 Å². The second-order valence-corrected chi connectivity index (χ2v) is 9.44. The van der Waals surface area contributed by atoms with Gasteiger partial charge in [-0.1, -0.05) is 89.9 Å². The van der Waals surface area contributed by atoms with Crippen molar-refractivity contribution in [2.75, 3.05) is 31.1 Å². The van der Waals surface area contributed by atoms with Crippen molar-refractivity contribution < 1.29 is 9.59 Å². The zero-order chi connectivity index (χ0) is 23.7. The van der Waals surface area contributed by atoms with Gasteiger partial charge in [-0.05, 0) is 23.3 Å². The fourth-order valence-electron chi connectivity index (χ4n) is 5.01. The summed E-state index contributed by atoms with van der Waals surface area (Å²) in [6.45, 7) is 3.00. The quantitative estimate of drug-likeness (QED) is 0.411. The lowest BCUT2D eigenvalue weighted by Gasteiger charge is -2.41. The van der Waals surface area contributed by atoms with E-state index >= 15 is 0 Å². The van der Waals surface area contributed by atoms with E-state index in [9.17, 15) is 9.59 Å². The van der Waals surface area contributed by atoms with Gasteiger partial charge in [0.15, 0.2) is 0 Å². The van der Waals surface area contributed by atoms with Crippen molar-refractivity contribution in [2.24, 2.45) is 0 Å². The van der Waals surface area contributed by atoms with Crippen LogP contribution in [0.1, 0.15) is 23.6 Å². The molecule has 2 aliphatic heterocycles. The summed E-state index contributed by atoms with van der Waals surface area (Å²) < 4.78 is 0. The SMILES string of the molecule is Cl.O=C1CC(N2CCN(C(c3ccccc3)c3ccccc3)CC2)C(=O)N1c1cccc(Cl)c1Cl. The molecule has 0 saturated carbocycles. The van der Waals surface area contributed by atoms with Crippen LogP contribution in [0.3, 0.4) is 0 Å². The number of carbonyl (C=O) groups is 2. The van der Waals surface area contributed by atoms with Gasteiger partial charge in [0.1, 0.15) is 0 Å². The highest BCUT2D eigenvalue weighted by molar-refractivity contribution is 6.44. The monoisotopic (exact) mass is 529 g/mol. The lowest BCUT2D eigenvalue weighted by Crippen LogP contribution is -2.53. The Hall–Kier alpha value is -2.41. The maximum Gasteiger partial charge on any atom is 0.251 e. The first-order chi connectivity index (χ1) is 16.5. The molecule has 0 spiro atoms. The third kappa shape index (κ3) is 5.11. The summed E-state index contributed by atoms with van der Waals surface area (Å²) in [5, 5.41) is 0.551. The summed E-state index contributed by atoms with van der Waals surface area (Å²) in [6.07, 6.45) is 0.155. The molecule has 5 rings (SSSR count). The summed E-state index contributed by atoms with van der Waals surface area (Å²) >= 11 is 12.4. The minimum Gasteiger partial charge on any atom is -0.290 e. The molecule has 2 amide bonds. The molecule has 0 N–H and O–H groups in total. The molecule has 0 aromatic heterocycles. The molecular formula is C27H26Cl3N3O2. The lowest BCUT2D eigenvalue weighted by atomic mass is 9.96. The van der Waals surface area contributed by atoms with Crippen LogP contribution >= 0.6 is 35.6 Å². The van der Waals surface area contributed by atoms with Crippen LogP contribution in [0.4, 0.5) is 5.69 Å². The smallest absolute Gasteiger partial charge is 0.251 e. The molecule has 0 aliphatic carbocycles. The number of imide groups is 1. The van der Waals surface area contributed by atoms with E-state index in [-0.39, 0.29) is 41.7 Å². The molecule has 8 heteroatoms. The van der Waals surface area contributed by atoms with Gasteiger partial charge in [-0.2, -0.15) is 0 Å². The van der Waals surface area contributed by atoms with Gasteiger partial charge in [0.25, 0.3) is 5.91 Å². The standard InChI is InChI=1S/C27H25Cl2N3O2.ClH/c28-21-12-7-13-22(25(21)29)32-24(33)18-23(27(32)34)30-14-16-31(17-15-30)26(19-8-3-1-4-9-19)20-10-5-2-6-11-20;/h1-13,23,26H,14-18H2;1H. The maximum atomic E-state index is 13.3. The van der Waals surface area contributed by atoms with Crippen LogP contribution in [-0.4, -0.2) is 53.8 Å². The minimum absolute atomic E-state index is 0. The molecular weight excluding hydrogens is 505 g/mol. The van der Waals surface area contributed by atoms with Crippen molar-refractivity contribution in [3.8, 4) is 0 Å². The van der Waals surface area contributed by atoms with Crippen molar-refractivity contribution in [1.29, 1.82) is 0 Å². The van der Waals surface area contributed by atoms with Crippen LogP contribution in [0.25, 0.3) is 0 Å². The van der Waals surface area contributed by atoms with Gasteiger partial charge in [0.2, 0.25) is 5.91 Å². The summed E-state index contributed by atoms with van der Waals surface area (Å²) in [7, 11) is 0. The molecule has 1 unspecified atom stereocenters. The van der Waals surface area contributed by atoms with E-state index in [4.69, 9.17) is 23.2 Å². The maximum absolute atomic E-state index is 13.3. The minimum atomic E-state index is -0.475. The van der Waals surface area contributed by atoms with Gasteiger partial charge in [0.05, 0.1) is 34.2 Å². The fraction of sp³-hybridized carbons (Fsp3) is 0.259. The van der Waals surface area contributed by atoms with Gasteiger partial charge in [-0.3, -0.25) is 19.4 Å². The Morgan fingerprint density at radius 1 is 0.743 bits per heavy atom. The van der Waals surface area contributed by atoms with Crippen LogP contribution < -0.4 is 4.90 Å². The number of hydrogen-bond acceptors (Lipinski definition) is 4. The molecule has 3 aromatic rings. The van der Waals surface area contributed by atoms with Gasteiger partial charge in [-0.25, -0.2) is 4.90 Å². The van der Waals surface area contributed by atoms with E-state index in [1.165, 1.54) is 16.0 Å². The molecule has 3 aromatic carbocycles. The Kier molecular flexibility index (Phi) is 8.15. The van der Waals surface area contributed by atoms with E-state index in [1.807, 2.05) is 12.1 Å². The molecule has 1 atom stereocenters. The predicted octanol–water partition coefficient (Wildman–Crippen LogP) is 5.45.